The molecule has 0 aliphatic heterocycles. The second-order valence-electron chi connectivity index (χ2n) is 7.20. The second kappa shape index (κ2) is 7.21. The number of amides is 1. The standard InChI is InChI=1S/C18H29N3O2/c1-5-14(11-20-17(22)23-18(2,3)4)21-16-9-6-12-10-13(19)7-8-15(12)16/h7-8,10,14,16,21H,5-6,9,11,19H2,1-4H3,(H,20,22). The molecule has 1 aromatic rings. The fourth-order valence-electron chi connectivity index (χ4n) is 2.94. The lowest BCUT2D eigenvalue weighted by Crippen LogP contribution is -2.43. The second-order valence-corrected chi connectivity index (χ2v) is 7.20. The number of ether oxygens (including phenoxy) is 1. The Kier molecular flexibility index (Phi) is 5.52. The van der Waals surface area contributed by atoms with Crippen LogP contribution < -0.4 is 16.4 Å². The first-order valence-electron chi connectivity index (χ1n) is 8.39. The Labute approximate surface area is 139 Å². The highest BCUT2D eigenvalue weighted by Gasteiger charge is 2.25. The maximum Gasteiger partial charge on any atom is 0.407 e. The fraction of sp³-hybridized carbons (Fsp3) is 0.611. The molecule has 23 heavy (non-hydrogen) atoms. The van der Waals surface area contributed by atoms with Crippen molar-refractivity contribution in [3.05, 3.63) is 29.3 Å². The van der Waals surface area contributed by atoms with Crippen LogP contribution in [0.25, 0.3) is 0 Å². The number of alkyl carbamates (subject to hydrolysis) is 1. The lowest BCUT2D eigenvalue weighted by Gasteiger charge is -2.24. The van der Waals surface area contributed by atoms with Gasteiger partial charge in [0.05, 0.1) is 0 Å². The fourth-order valence-corrected chi connectivity index (χ4v) is 2.94. The number of nitrogens with two attached hydrogens (primary N) is 1. The molecule has 1 aliphatic rings. The molecule has 0 saturated heterocycles. The zero-order valence-electron chi connectivity index (χ0n) is 14.6. The van der Waals surface area contributed by atoms with Crippen molar-refractivity contribution in [1.29, 1.82) is 0 Å². The van der Waals surface area contributed by atoms with Crippen molar-refractivity contribution in [2.45, 2.75) is 64.6 Å². The largest absolute Gasteiger partial charge is 0.444 e. The number of aryl methyl sites for hydroxylation is 1. The summed E-state index contributed by atoms with van der Waals surface area (Å²) in [5.74, 6) is 0. The van der Waals surface area contributed by atoms with Gasteiger partial charge in [0, 0.05) is 24.3 Å². The van der Waals surface area contributed by atoms with Crippen molar-refractivity contribution in [2.24, 2.45) is 0 Å². The first-order chi connectivity index (χ1) is 10.8. The molecule has 4 N–H and O–H groups in total. The number of hydrogen-bond acceptors (Lipinski definition) is 4. The van der Waals surface area contributed by atoms with Crippen molar-refractivity contribution in [2.75, 3.05) is 12.3 Å². The van der Waals surface area contributed by atoms with Gasteiger partial charge in [-0.1, -0.05) is 13.0 Å². The summed E-state index contributed by atoms with van der Waals surface area (Å²) < 4.78 is 5.28. The number of carbonyl (C=O) groups excluding carboxylic acids is 1. The minimum atomic E-state index is -0.469. The van der Waals surface area contributed by atoms with E-state index in [2.05, 4.69) is 29.7 Å². The van der Waals surface area contributed by atoms with Crippen LogP contribution in [0.2, 0.25) is 0 Å². The molecule has 0 fully saturated rings. The van der Waals surface area contributed by atoms with Crippen molar-refractivity contribution in [1.82, 2.24) is 10.6 Å². The van der Waals surface area contributed by atoms with Crippen LogP contribution in [0.4, 0.5) is 10.5 Å². The van der Waals surface area contributed by atoms with Crippen LogP contribution in [0.1, 0.15) is 57.7 Å². The van der Waals surface area contributed by atoms with Gasteiger partial charge in [-0.25, -0.2) is 4.79 Å². The van der Waals surface area contributed by atoms with Gasteiger partial charge in [0.25, 0.3) is 0 Å². The first-order valence-corrected chi connectivity index (χ1v) is 8.39. The monoisotopic (exact) mass is 319 g/mol. The minimum Gasteiger partial charge on any atom is -0.444 e. The number of rotatable bonds is 5. The van der Waals surface area contributed by atoms with Crippen LogP contribution in [-0.4, -0.2) is 24.3 Å². The quantitative estimate of drug-likeness (QED) is 0.729. The molecule has 128 valence electrons. The van der Waals surface area contributed by atoms with E-state index in [4.69, 9.17) is 10.5 Å². The maximum atomic E-state index is 11.8. The Bertz CT molecular complexity index is 552. The maximum absolute atomic E-state index is 11.8. The van der Waals surface area contributed by atoms with Crippen LogP contribution in [0, 0.1) is 0 Å². The average Bonchev–Trinajstić information content (AvgIpc) is 2.83. The molecule has 1 aliphatic carbocycles. The SMILES string of the molecule is CCC(CNC(=O)OC(C)(C)C)NC1CCc2cc(N)ccc21. The molecule has 0 saturated carbocycles. The molecule has 5 heteroatoms. The van der Waals surface area contributed by atoms with E-state index < -0.39 is 5.60 Å². The van der Waals surface area contributed by atoms with E-state index in [1.807, 2.05) is 26.8 Å². The van der Waals surface area contributed by atoms with Gasteiger partial charge < -0.3 is 21.1 Å². The molecule has 0 bridgehead atoms. The molecule has 0 heterocycles. The molecule has 2 unspecified atom stereocenters. The number of nitrogen functional groups attached to an aromatic ring is 1. The smallest absolute Gasteiger partial charge is 0.407 e. The van der Waals surface area contributed by atoms with Crippen LogP contribution in [-0.2, 0) is 11.2 Å². The number of carbonyl (C=O) groups is 1. The molecule has 0 spiro atoms. The summed E-state index contributed by atoms with van der Waals surface area (Å²) >= 11 is 0. The molecule has 2 atom stereocenters. The zero-order valence-corrected chi connectivity index (χ0v) is 14.6. The number of anilines is 1. The highest BCUT2D eigenvalue weighted by Crippen LogP contribution is 2.32. The molecule has 0 radical (unpaired) electrons. The van der Waals surface area contributed by atoms with Crippen LogP contribution in [0.5, 0.6) is 0 Å². The van der Waals surface area contributed by atoms with E-state index in [0.29, 0.717) is 12.6 Å². The Balaban J connectivity index is 1.88. The highest BCUT2D eigenvalue weighted by atomic mass is 16.6. The zero-order chi connectivity index (χ0) is 17.0. The predicted octanol–water partition coefficient (Wildman–Crippen LogP) is 3.15. The third kappa shape index (κ3) is 5.13. The van der Waals surface area contributed by atoms with E-state index in [0.717, 1.165) is 24.9 Å². The van der Waals surface area contributed by atoms with Gasteiger partial charge in [0.2, 0.25) is 0 Å². The van der Waals surface area contributed by atoms with E-state index in [1.54, 1.807) is 0 Å². The van der Waals surface area contributed by atoms with Gasteiger partial charge in [0.15, 0.2) is 0 Å². The van der Waals surface area contributed by atoms with E-state index in [-0.39, 0.29) is 12.1 Å². The molecule has 2 rings (SSSR count). The Morgan fingerprint density at radius 2 is 2.17 bits per heavy atom. The number of benzene rings is 1. The number of hydrogen-bond donors (Lipinski definition) is 3. The lowest BCUT2D eigenvalue weighted by molar-refractivity contribution is 0.0521. The summed E-state index contributed by atoms with van der Waals surface area (Å²) in [6, 6.07) is 6.69. The molecule has 1 aromatic carbocycles. The van der Waals surface area contributed by atoms with E-state index >= 15 is 0 Å². The topological polar surface area (TPSA) is 76.4 Å². The Morgan fingerprint density at radius 3 is 2.83 bits per heavy atom. The summed E-state index contributed by atoms with van der Waals surface area (Å²) in [7, 11) is 0. The van der Waals surface area contributed by atoms with Crippen molar-refractivity contribution < 1.29 is 9.53 Å². The van der Waals surface area contributed by atoms with Crippen molar-refractivity contribution >= 4 is 11.8 Å². The molecule has 0 aromatic heterocycles. The molecule has 1 amide bonds. The normalized spacial score (nSPS) is 18.3. The lowest BCUT2D eigenvalue weighted by atomic mass is 10.1. The van der Waals surface area contributed by atoms with Gasteiger partial charge in [0.1, 0.15) is 5.60 Å². The van der Waals surface area contributed by atoms with Crippen LogP contribution in [0.15, 0.2) is 18.2 Å². The van der Waals surface area contributed by atoms with Gasteiger partial charge in [-0.05, 0) is 63.3 Å². The summed E-state index contributed by atoms with van der Waals surface area (Å²) in [6.07, 6.45) is 2.70. The first kappa shape index (κ1) is 17.6. The average molecular weight is 319 g/mol. The molecular weight excluding hydrogens is 290 g/mol. The summed E-state index contributed by atoms with van der Waals surface area (Å²) in [5, 5.41) is 6.50. The van der Waals surface area contributed by atoms with Crippen LogP contribution in [0.3, 0.4) is 0 Å². The summed E-state index contributed by atoms with van der Waals surface area (Å²) in [5.41, 5.74) is 8.87. The molecule has 5 nitrogen and oxygen atoms in total. The highest BCUT2D eigenvalue weighted by molar-refractivity contribution is 5.67. The third-order valence-electron chi connectivity index (χ3n) is 4.07. The predicted molar refractivity (Wildman–Crippen MR) is 93.4 cm³/mol. The third-order valence-corrected chi connectivity index (χ3v) is 4.07. The Hall–Kier alpha value is -1.75. The van der Waals surface area contributed by atoms with Crippen molar-refractivity contribution in [3.8, 4) is 0 Å². The Morgan fingerprint density at radius 1 is 1.43 bits per heavy atom. The van der Waals surface area contributed by atoms with Gasteiger partial charge in [-0.15, -0.1) is 0 Å². The van der Waals surface area contributed by atoms with Gasteiger partial charge >= 0.3 is 6.09 Å². The van der Waals surface area contributed by atoms with Gasteiger partial charge in [-0.3, -0.25) is 0 Å². The number of fused-ring (bicyclic) bond motifs is 1. The van der Waals surface area contributed by atoms with Crippen molar-refractivity contribution in [3.63, 3.8) is 0 Å². The van der Waals surface area contributed by atoms with E-state index in [9.17, 15) is 4.79 Å². The molecular formula is C18H29N3O2. The van der Waals surface area contributed by atoms with Gasteiger partial charge in [-0.2, -0.15) is 0 Å². The van der Waals surface area contributed by atoms with E-state index in [1.165, 1.54) is 11.1 Å². The number of nitrogens with one attached hydrogen (secondary N) is 2. The summed E-state index contributed by atoms with van der Waals surface area (Å²) in [4.78, 5) is 11.8. The summed E-state index contributed by atoms with van der Waals surface area (Å²) in [6.45, 7) is 8.27. The minimum absolute atomic E-state index is 0.219. The van der Waals surface area contributed by atoms with Crippen LogP contribution >= 0.6 is 0 Å².